The largest absolute Gasteiger partial charge is 0.295 e. The summed E-state index contributed by atoms with van der Waals surface area (Å²) < 4.78 is 1.99. The number of halogens is 1. The maximum absolute atomic E-state index is 12.6. The van der Waals surface area contributed by atoms with Crippen molar-refractivity contribution in [3.63, 3.8) is 0 Å². The standard InChI is InChI=1S/C21H16ClN5O2S2/c22-16-8-6-15(7-9-16)13-30-21-25-24-20(31-21)23-19(29)17-10-11-18(28)27(26-17)12-14-4-2-1-3-5-14/h1-11H,12-13H2,(H,23,24,29). The highest BCUT2D eigenvalue weighted by Gasteiger charge is 2.13. The molecule has 4 aromatic rings. The van der Waals surface area contributed by atoms with Crippen LogP contribution in [-0.2, 0) is 12.3 Å². The molecule has 0 aliphatic heterocycles. The molecule has 0 fully saturated rings. The first kappa shape index (κ1) is 21.2. The van der Waals surface area contributed by atoms with E-state index in [1.54, 1.807) is 0 Å². The highest BCUT2D eigenvalue weighted by Crippen LogP contribution is 2.28. The van der Waals surface area contributed by atoms with Gasteiger partial charge in [0.1, 0.15) is 5.69 Å². The van der Waals surface area contributed by atoms with Gasteiger partial charge in [-0.3, -0.25) is 14.9 Å². The molecule has 2 aromatic carbocycles. The van der Waals surface area contributed by atoms with Crippen LogP contribution in [-0.4, -0.2) is 25.9 Å². The van der Waals surface area contributed by atoms with Crippen molar-refractivity contribution in [2.75, 3.05) is 5.32 Å². The molecule has 0 radical (unpaired) electrons. The normalized spacial score (nSPS) is 10.7. The van der Waals surface area contributed by atoms with Gasteiger partial charge in [0.05, 0.1) is 6.54 Å². The van der Waals surface area contributed by atoms with Crippen LogP contribution in [0.3, 0.4) is 0 Å². The third-order valence-corrected chi connectivity index (χ3v) is 6.47. The summed E-state index contributed by atoms with van der Waals surface area (Å²) in [7, 11) is 0. The minimum absolute atomic E-state index is 0.126. The number of hydrogen-bond acceptors (Lipinski definition) is 7. The Balaban J connectivity index is 1.40. The van der Waals surface area contributed by atoms with E-state index in [4.69, 9.17) is 11.6 Å². The number of thioether (sulfide) groups is 1. The summed E-state index contributed by atoms with van der Waals surface area (Å²) in [5.41, 5.74) is 1.87. The van der Waals surface area contributed by atoms with E-state index < -0.39 is 5.91 Å². The highest BCUT2D eigenvalue weighted by atomic mass is 35.5. The second kappa shape index (κ2) is 9.86. The fraction of sp³-hybridized carbons (Fsp3) is 0.0952. The first-order valence-electron chi connectivity index (χ1n) is 9.21. The van der Waals surface area contributed by atoms with E-state index >= 15 is 0 Å². The molecule has 0 saturated carbocycles. The van der Waals surface area contributed by atoms with Crippen molar-refractivity contribution in [2.24, 2.45) is 0 Å². The topological polar surface area (TPSA) is 89.8 Å². The van der Waals surface area contributed by atoms with Gasteiger partial charge in [0.15, 0.2) is 4.34 Å². The van der Waals surface area contributed by atoms with E-state index in [0.29, 0.717) is 15.9 Å². The minimum atomic E-state index is -0.452. The van der Waals surface area contributed by atoms with E-state index in [0.717, 1.165) is 15.5 Å². The van der Waals surface area contributed by atoms with Crippen LogP contribution < -0.4 is 10.9 Å². The van der Waals surface area contributed by atoms with E-state index in [9.17, 15) is 9.59 Å². The van der Waals surface area contributed by atoms with Gasteiger partial charge >= 0.3 is 0 Å². The van der Waals surface area contributed by atoms with Crippen molar-refractivity contribution in [1.82, 2.24) is 20.0 Å². The molecule has 156 valence electrons. The highest BCUT2D eigenvalue weighted by molar-refractivity contribution is 8.00. The predicted octanol–water partition coefficient (Wildman–Crippen LogP) is 4.34. The van der Waals surface area contributed by atoms with Gasteiger partial charge in [-0.05, 0) is 29.3 Å². The van der Waals surface area contributed by atoms with Crippen molar-refractivity contribution in [1.29, 1.82) is 0 Å². The van der Waals surface area contributed by atoms with Crippen LogP contribution in [0.5, 0.6) is 0 Å². The minimum Gasteiger partial charge on any atom is -0.295 e. The Morgan fingerprint density at radius 2 is 1.77 bits per heavy atom. The lowest BCUT2D eigenvalue weighted by Crippen LogP contribution is -2.26. The number of aromatic nitrogens is 4. The number of nitrogens with zero attached hydrogens (tertiary/aromatic N) is 4. The zero-order chi connectivity index (χ0) is 21.6. The Morgan fingerprint density at radius 1 is 1.00 bits per heavy atom. The van der Waals surface area contributed by atoms with Gasteiger partial charge in [-0.25, -0.2) is 4.68 Å². The summed E-state index contributed by atoms with van der Waals surface area (Å²) in [4.78, 5) is 24.7. The van der Waals surface area contributed by atoms with Gasteiger partial charge in [-0.1, -0.05) is 77.2 Å². The fourth-order valence-corrected chi connectivity index (χ4v) is 4.47. The van der Waals surface area contributed by atoms with Crippen LogP contribution in [0.1, 0.15) is 21.6 Å². The number of rotatable bonds is 7. The summed E-state index contributed by atoms with van der Waals surface area (Å²) in [6.07, 6.45) is 0. The maximum Gasteiger partial charge on any atom is 0.277 e. The van der Waals surface area contributed by atoms with E-state index in [-0.39, 0.29) is 17.8 Å². The van der Waals surface area contributed by atoms with E-state index in [2.05, 4.69) is 20.6 Å². The van der Waals surface area contributed by atoms with E-state index in [1.165, 1.54) is 39.9 Å². The molecule has 7 nitrogen and oxygen atoms in total. The average molecular weight is 470 g/mol. The number of anilines is 1. The molecule has 2 heterocycles. The summed E-state index contributed by atoms with van der Waals surface area (Å²) in [5, 5.41) is 16.1. The van der Waals surface area contributed by atoms with Gasteiger partial charge in [0, 0.05) is 16.8 Å². The SMILES string of the molecule is O=C(Nc1nnc(SCc2ccc(Cl)cc2)s1)c1ccc(=O)n(Cc2ccccc2)n1. The molecule has 0 spiro atoms. The smallest absolute Gasteiger partial charge is 0.277 e. The number of hydrogen-bond donors (Lipinski definition) is 1. The Morgan fingerprint density at radius 3 is 2.55 bits per heavy atom. The number of nitrogens with one attached hydrogen (secondary N) is 1. The van der Waals surface area contributed by atoms with Crippen LogP contribution in [0.25, 0.3) is 0 Å². The van der Waals surface area contributed by atoms with Crippen LogP contribution >= 0.6 is 34.7 Å². The molecule has 2 aromatic heterocycles. The molecule has 1 amide bonds. The third kappa shape index (κ3) is 5.78. The zero-order valence-electron chi connectivity index (χ0n) is 16.1. The van der Waals surface area contributed by atoms with Gasteiger partial charge in [0.2, 0.25) is 5.13 Å². The molecule has 31 heavy (non-hydrogen) atoms. The predicted molar refractivity (Wildman–Crippen MR) is 123 cm³/mol. The Hall–Kier alpha value is -3.01. The third-order valence-electron chi connectivity index (χ3n) is 4.18. The second-order valence-corrected chi connectivity index (χ2v) is 9.08. The molecule has 1 N–H and O–H groups in total. The molecule has 0 aliphatic rings. The second-order valence-electron chi connectivity index (χ2n) is 6.44. The lowest BCUT2D eigenvalue weighted by Gasteiger charge is -2.06. The summed E-state index contributed by atoms with van der Waals surface area (Å²) in [6, 6.07) is 19.8. The molecular weight excluding hydrogens is 454 g/mol. The molecule has 0 bridgehead atoms. The monoisotopic (exact) mass is 469 g/mol. The van der Waals surface area contributed by atoms with Crippen molar-refractivity contribution in [3.8, 4) is 0 Å². The number of benzene rings is 2. The van der Waals surface area contributed by atoms with Crippen molar-refractivity contribution >= 4 is 45.7 Å². The average Bonchev–Trinajstić information content (AvgIpc) is 3.23. The number of amides is 1. The van der Waals surface area contributed by atoms with Crippen LogP contribution in [0.2, 0.25) is 5.02 Å². The van der Waals surface area contributed by atoms with Crippen molar-refractivity contribution in [2.45, 2.75) is 16.6 Å². The van der Waals surface area contributed by atoms with Crippen LogP contribution in [0.4, 0.5) is 5.13 Å². The molecule has 0 aliphatic carbocycles. The van der Waals surface area contributed by atoms with Gasteiger partial charge in [0.25, 0.3) is 11.5 Å². The van der Waals surface area contributed by atoms with Gasteiger partial charge in [-0.2, -0.15) is 5.10 Å². The Bertz CT molecular complexity index is 1240. The van der Waals surface area contributed by atoms with Crippen molar-refractivity contribution in [3.05, 3.63) is 98.9 Å². The van der Waals surface area contributed by atoms with Crippen LogP contribution in [0.15, 0.2) is 75.9 Å². The molecule has 10 heteroatoms. The quantitative estimate of drug-likeness (QED) is 0.320. The zero-order valence-corrected chi connectivity index (χ0v) is 18.5. The van der Waals surface area contributed by atoms with E-state index in [1.807, 2.05) is 54.6 Å². The Labute approximate surface area is 191 Å². The summed E-state index contributed by atoms with van der Waals surface area (Å²) >= 11 is 8.69. The first-order valence-corrected chi connectivity index (χ1v) is 11.4. The number of carbonyl (C=O) groups excluding carboxylic acids is 1. The molecule has 4 rings (SSSR count). The first-order chi connectivity index (χ1) is 15.1. The summed E-state index contributed by atoms with van der Waals surface area (Å²) in [6.45, 7) is 0.283. The molecule has 0 unspecified atom stereocenters. The summed E-state index contributed by atoms with van der Waals surface area (Å²) in [5.74, 6) is 0.262. The molecule has 0 saturated heterocycles. The van der Waals surface area contributed by atoms with Gasteiger partial charge in [-0.15, -0.1) is 10.2 Å². The van der Waals surface area contributed by atoms with Crippen LogP contribution in [0, 0.1) is 0 Å². The lowest BCUT2D eigenvalue weighted by atomic mass is 10.2. The molecular formula is C21H16ClN5O2S2. The van der Waals surface area contributed by atoms with Gasteiger partial charge < -0.3 is 0 Å². The maximum atomic E-state index is 12.6. The lowest BCUT2D eigenvalue weighted by molar-refractivity contribution is 0.102. The Kier molecular flexibility index (Phi) is 6.76. The fourth-order valence-electron chi connectivity index (χ4n) is 2.65. The molecule has 0 atom stereocenters. The van der Waals surface area contributed by atoms with Crippen molar-refractivity contribution < 1.29 is 4.79 Å². The number of carbonyl (C=O) groups is 1.